The van der Waals surface area contributed by atoms with E-state index in [-0.39, 0.29) is 43.8 Å². The molecule has 0 radical (unpaired) electrons. The number of esters is 1. The van der Waals surface area contributed by atoms with Gasteiger partial charge in [0.25, 0.3) is 0 Å². The maximum absolute atomic E-state index is 15.0. The van der Waals surface area contributed by atoms with Crippen LogP contribution in [0.3, 0.4) is 0 Å². The second-order valence-electron chi connectivity index (χ2n) is 22.3. The molecule has 1 aromatic rings. The lowest BCUT2D eigenvalue weighted by Crippen LogP contribution is -2.62. The molecule has 2 fully saturated rings. The van der Waals surface area contributed by atoms with E-state index >= 15 is 4.79 Å². The van der Waals surface area contributed by atoms with E-state index in [1.165, 1.54) is 23.3 Å². The molecule has 0 aromatic carbocycles. The zero-order chi connectivity index (χ0) is 51.3. The van der Waals surface area contributed by atoms with E-state index in [1.54, 1.807) is 40.0 Å². The Kier molecular flexibility index (Phi) is 19.8. The quantitative estimate of drug-likeness (QED) is 0.0932. The average molecular weight is 994 g/mol. The molecule has 0 aliphatic carbocycles. The van der Waals surface area contributed by atoms with Crippen LogP contribution in [0, 0.1) is 17.8 Å². The molecule has 1 aromatic heterocycles. The van der Waals surface area contributed by atoms with E-state index in [0.717, 1.165) is 0 Å². The van der Waals surface area contributed by atoms with Crippen molar-refractivity contribution in [2.45, 2.75) is 212 Å². The van der Waals surface area contributed by atoms with Gasteiger partial charge in [0.15, 0.2) is 40.6 Å². The summed E-state index contributed by atoms with van der Waals surface area (Å²) in [4.78, 5) is 49.6. The van der Waals surface area contributed by atoms with Crippen molar-refractivity contribution < 1.29 is 61.1 Å². The number of imidazole rings is 1. The Hall–Kier alpha value is -2.63. The van der Waals surface area contributed by atoms with Gasteiger partial charge in [-0.2, -0.15) is 0 Å². The smallest absolute Gasteiger partial charge is 0.420 e. The molecule has 16 atom stereocenters. The van der Waals surface area contributed by atoms with Crippen molar-refractivity contribution in [3.63, 3.8) is 0 Å². The van der Waals surface area contributed by atoms with Crippen LogP contribution in [0.5, 0.6) is 0 Å². The number of carbonyl (C=O) groups is 3. The Balaban J connectivity index is 1.98. The van der Waals surface area contributed by atoms with Crippen LogP contribution in [0.1, 0.15) is 94.9 Å². The maximum Gasteiger partial charge on any atom is 0.420 e. The molecule has 2 saturated heterocycles. The number of Topliss-reactive ketones (excluding diaryl/α,β-unsaturated/α-hetero) is 1. The number of ether oxygens (including phenoxy) is 8. The lowest BCUT2D eigenvalue weighted by molar-refractivity contribution is -0.317. The second kappa shape index (κ2) is 23.3. The second-order valence-corrected chi connectivity index (χ2v) is 31.2. The van der Waals surface area contributed by atoms with Gasteiger partial charge in [0.1, 0.15) is 18.5 Å². The topological polar surface area (TPSA) is 165 Å². The van der Waals surface area contributed by atoms with Gasteiger partial charge in [-0.3, -0.25) is 9.59 Å². The summed E-state index contributed by atoms with van der Waals surface area (Å²) in [6.45, 7) is 35.6. The number of aromatic nitrogens is 2. The maximum atomic E-state index is 15.0. The molecule has 1 unspecified atom stereocenters. The van der Waals surface area contributed by atoms with Gasteiger partial charge in [0.05, 0.1) is 54.2 Å². The summed E-state index contributed by atoms with van der Waals surface area (Å²) in [7, 11) is 1.45. The van der Waals surface area contributed by atoms with Crippen molar-refractivity contribution >= 4 is 34.5 Å². The fraction of sp³-hybridized carbons (Fsp3) is 0.800. The lowest BCUT2D eigenvalue weighted by Gasteiger charge is -2.51. The number of nitrogens with zero attached hydrogens (tertiary/aromatic N) is 3. The van der Waals surface area contributed by atoms with Crippen LogP contribution in [0.15, 0.2) is 43.0 Å². The predicted molar refractivity (Wildman–Crippen MR) is 265 cm³/mol. The Morgan fingerprint density at radius 1 is 0.941 bits per heavy atom. The number of ketones is 1. The lowest BCUT2D eigenvalue weighted by atomic mass is 9.76. The molecule has 18 heteroatoms. The molecule has 0 spiro atoms. The van der Waals surface area contributed by atoms with Gasteiger partial charge in [0.2, 0.25) is 0 Å². The molecular formula is C50H87N3O13Si2. The first-order chi connectivity index (χ1) is 31.4. The highest BCUT2D eigenvalue weighted by Gasteiger charge is 2.54. The Labute approximate surface area is 409 Å². The number of allylic oxidation sites excluding steroid dienone is 1. The minimum atomic E-state index is -2.21. The van der Waals surface area contributed by atoms with Crippen LogP contribution in [0.2, 0.25) is 39.3 Å². The van der Waals surface area contributed by atoms with E-state index in [9.17, 15) is 9.59 Å². The first-order valence-electron chi connectivity index (χ1n) is 24.5. The van der Waals surface area contributed by atoms with Gasteiger partial charge < -0.3 is 51.6 Å². The number of rotatable bonds is 15. The van der Waals surface area contributed by atoms with Gasteiger partial charge in [-0.1, -0.05) is 26.8 Å². The highest BCUT2D eigenvalue weighted by Crippen LogP contribution is 2.43. The molecule has 3 aliphatic heterocycles. The summed E-state index contributed by atoms with van der Waals surface area (Å²) >= 11 is 0. The van der Waals surface area contributed by atoms with Gasteiger partial charge in [0, 0.05) is 43.8 Å². The molecule has 68 heavy (non-hydrogen) atoms. The first kappa shape index (κ1) is 57.9. The molecular weight excluding hydrogens is 907 g/mol. The van der Waals surface area contributed by atoms with E-state index < -0.39 is 112 Å². The SMILES string of the molecule is C=CCO[C@]1(C)C[C@@H](C)C(=O)/C(C)=C/[C@](C)(OC(=O)n2ccnc2)[C@@H](CC)OC(=O)[C@H](C)[C@@H](O[C@H]2CC(C)(OC)[C@@H](O[Si](C)(C)C)[C@H](C)O2)[C@H](C)[C@H]1O[C@@H]1O[C@H](C)C[C@H](N(C)C)[C@H]1O[Si](C)(C)C. The van der Waals surface area contributed by atoms with Gasteiger partial charge in [-0.05, 0) is 133 Å². The summed E-state index contributed by atoms with van der Waals surface area (Å²) in [5.74, 6) is -3.16. The molecule has 0 N–H and O–H groups in total. The van der Waals surface area contributed by atoms with Crippen LogP contribution >= 0.6 is 0 Å². The summed E-state index contributed by atoms with van der Waals surface area (Å²) in [6, 6.07) is -0.0581. The van der Waals surface area contributed by atoms with E-state index in [1.807, 2.05) is 62.6 Å². The van der Waals surface area contributed by atoms with Crippen LogP contribution in [-0.2, 0) is 56.3 Å². The standard InChI is InChI=1S/C50H87N3O13Si2/c1-21-25-58-50(11)28-32(4)40(54)31(3)27-48(9,64-47(56)53-24-23-51-30-53)38(22-2)61-45(55)35(7)41(62-39-29-49(10,57-14)44(36(8)60-39)66-68(18,19)20)34(6)43(50)63-46-42(65-67(15,16)17)37(52(12)13)26-33(5)59-46/h21,23-24,27,30,32-39,41-44,46H,1,22,25-26,28-29H2,2-20H3/b31-27+/t32-,33-,34+,35-,36+,37+,38-,39+,41+,42-,43-,44+,46+,48+,49?,50-/m1/s1. The van der Waals surface area contributed by atoms with Crippen LogP contribution in [0.25, 0.3) is 0 Å². The zero-order valence-electron chi connectivity index (χ0n) is 44.8. The number of methoxy groups -OCH3 is 1. The van der Waals surface area contributed by atoms with Crippen LogP contribution in [-0.4, -0.2) is 155 Å². The Morgan fingerprint density at radius 3 is 2.13 bits per heavy atom. The molecule has 0 bridgehead atoms. The number of likely N-dealkylation sites (N-methyl/N-ethyl adjacent to an activating group) is 1. The van der Waals surface area contributed by atoms with Gasteiger partial charge in [-0.15, -0.1) is 6.58 Å². The van der Waals surface area contributed by atoms with Crippen LogP contribution in [0.4, 0.5) is 4.79 Å². The van der Waals surface area contributed by atoms with E-state index in [0.29, 0.717) is 12.0 Å². The fourth-order valence-electron chi connectivity index (χ4n) is 10.3. The highest BCUT2D eigenvalue weighted by atomic mass is 28.4. The number of hydrogen-bond acceptors (Lipinski definition) is 15. The fourth-order valence-corrected chi connectivity index (χ4v) is 12.5. The Morgan fingerprint density at radius 2 is 1.59 bits per heavy atom. The number of carbonyl (C=O) groups excluding carboxylic acids is 3. The zero-order valence-corrected chi connectivity index (χ0v) is 46.8. The largest absolute Gasteiger partial charge is 0.457 e. The minimum Gasteiger partial charge on any atom is -0.457 e. The van der Waals surface area contributed by atoms with E-state index in [2.05, 4.69) is 55.7 Å². The summed E-state index contributed by atoms with van der Waals surface area (Å²) in [5.41, 5.74) is -3.35. The van der Waals surface area contributed by atoms with Crippen molar-refractivity contribution in [3.8, 4) is 0 Å². The summed E-state index contributed by atoms with van der Waals surface area (Å²) < 4.78 is 68.7. The molecule has 0 saturated carbocycles. The third kappa shape index (κ3) is 14.5. The molecule has 4 rings (SSSR count). The molecule has 388 valence electrons. The first-order valence-corrected chi connectivity index (χ1v) is 31.3. The summed E-state index contributed by atoms with van der Waals surface area (Å²) in [5, 5.41) is 0. The average Bonchev–Trinajstić information content (AvgIpc) is 3.79. The molecule has 3 aliphatic rings. The van der Waals surface area contributed by atoms with Crippen LogP contribution < -0.4 is 0 Å². The Bertz CT molecular complexity index is 1870. The normalized spacial score (nSPS) is 39.1. The number of cyclic esters (lactones) is 1. The molecule has 4 heterocycles. The highest BCUT2D eigenvalue weighted by molar-refractivity contribution is 6.70. The predicted octanol–water partition coefficient (Wildman–Crippen LogP) is 8.55. The molecule has 0 amide bonds. The summed E-state index contributed by atoms with van der Waals surface area (Å²) in [6.07, 6.45) is 1.91. The van der Waals surface area contributed by atoms with Crippen molar-refractivity contribution in [2.75, 3.05) is 27.8 Å². The van der Waals surface area contributed by atoms with Gasteiger partial charge >= 0.3 is 12.1 Å². The third-order valence-electron chi connectivity index (χ3n) is 13.6. The van der Waals surface area contributed by atoms with Gasteiger partial charge in [-0.25, -0.2) is 14.3 Å². The van der Waals surface area contributed by atoms with Crippen molar-refractivity contribution in [1.29, 1.82) is 0 Å². The monoisotopic (exact) mass is 994 g/mol. The van der Waals surface area contributed by atoms with Crippen molar-refractivity contribution in [3.05, 3.63) is 43.0 Å². The molecule has 16 nitrogen and oxygen atoms in total. The number of hydrogen-bond donors (Lipinski definition) is 0. The van der Waals surface area contributed by atoms with Crippen molar-refractivity contribution in [1.82, 2.24) is 14.5 Å². The minimum absolute atomic E-state index is 0.0581. The third-order valence-corrected chi connectivity index (χ3v) is 15.5. The van der Waals surface area contributed by atoms with Crippen molar-refractivity contribution in [2.24, 2.45) is 17.8 Å². The van der Waals surface area contributed by atoms with E-state index in [4.69, 9.17) is 46.7 Å².